The van der Waals surface area contributed by atoms with E-state index in [1.807, 2.05) is 43.0 Å². The third-order valence-corrected chi connectivity index (χ3v) is 4.45. The predicted octanol–water partition coefficient (Wildman–Crippen LogP) is 1.88. The summed E-state index contributed by atoms with van der Waals surface area (Å²) in [4.78, 5) is 29.0. The normalized spacial score (nSPS) is 10.9. The van der Waals surface area contributed by atoms with Crippen molar-refractivity contribution in [3.8, 4) is 0 Å². The third-order valence-electron chi connectivity index (χ3n) is 4.45. The molecule has 1 aromatic heterocycles. The molecule has 0 fully saturated rings. The van der Waals surface area contributed by atoms with Crippen LogP contribution in [0.3, 0.4) is 0 Å². The fourth-order valence-corrected chi connectivity index (χ4v) is 2.89. The SMILES string of the molecule is CCCCn1c(N)c(N(CCOC)Cc2ccccc2C)c(=O)[nH]c1=O. The summed E-state index contributed by atoms with van der Waals surface area (Å²) in [6.07, 6.45) is 1.74. The maximum Gasteiger partial charge on any atom is 0.330 e. The predicted molar refractivity (Wildman–Crippen MR) is 105 cm³/mol. The molecule has 1 aromatic carbocycles. The molecule has 2 aromatic rings. The van der Waals surface area contributed by atoms with E-state index in [9.17, 15) is 9.59 Å². The molecule has 0 saturated heterocycles. The lowest BCUT2D eigenvalue weighted by atomic mass is 10.1. The van der Waals surface area contributed by atoms with Gasteiger partial charge in [-0.3, -0.25) is 14.3 Å². The van der Waals surface area contributed by atoms with Crippen LogP contribution < -0.4 is 21.9 Å². The molecule has 3 N–H and O–H groups in total. The Kier molecular flexibility index (Phi) is 7.03. The van der Waals surface area contributed by atoms with E-state index in [4.69, 9.17) is 10.5 Å². The number of methoxy groups -OCH3 is 1. The van der Waals surface area contributed by atoms with E-state index in [1.54, 1.807) is 7.11 Å². The molecule has 7 nitrogen and oxygen atoms in total. The molecule has 0 saturated carbocycles. The molecular weight excluding hydrogens is 332 g/mol. The third kappa shape index (κ3) is 4.54. The van der Waals surface area contributed by atoms with Crippen LogP contribution in [0.4, 0.5) is 11.5 Å². The van der Waals surface area contributed by atoms with Crippen molar-refractivity contribution in [3.05, 3.63) is 56.2 Å². The average Bonchev–Trinajstić information content (AvgIpc) is 2.60. The lowest BCUT2D eigenvalue weighted by Crippen LogP contribution is -2.39. The second-order valence-electron chi connectivity index (χ2n) is 6.34. The largest absolute Gasteiger partial charge is 0.383 e. The molecule has 0 spiro atoms. The summed E-state index contributed by atoms with van der Waals surface area (Å²) in [6, 6.07) is 7.99. The summed E-state index contributed by atoms with van der Waals surface area (Å²) in [5, 5.41) is 0. The second-order valence-corrected chi connectivity index (χ2v) is 6.34. The smallest absolute Gasteiger partial charge is 0.330 e. The number of hydrogen-bond donors (Lipinski definition) is 2. The van der Waals surface area contributed by atoms with Gasteiger partial charge in [0.05, 0.1) is 6.61 Å². The number of H-pyrrole nitrogens is 1. The first-order valence-corrected chi connectivity index (χ1v) is 8.90. The van der Waals surface area contributed by atoms with Gasteiger partial charge in [0.2, 0.25) is 0 Å². The first kappa shape index (κ1) is 19.8. The summed E-state index contributed by atoms with van der Waals surface area (Å²) in [6.45, 7) is 5.99. The minimum atomic E-state index is -0.468. The number of aryl methyl sites for hydroxylation is 1. The molecule has 0 atom stereocenters. The zero-order chi connectivity index (χ0) is 19.1. The van der Waals surface area contributed by atoms with E-state index in [1.165, 1.54) is 4.57 Å². The average molecular weight is 360 g/mol. The summed E-state index contributed by atoms with van der Waals surface area (Å²) in [7, 11) is 1.61. The van der Waals surface area contributed by atoms with Crippen LogP contribution in [0.25, 0.3) is 0 Å². The number of aromatic nitrogens is 2. The van der Waals surface area contributed by atoms with Gasteiger partial charge in [-0.2, -0.15) is 0 Å². The first-order valence-electron chi connectivity index (χ1n) is 8.90. The molecule has 0 radical (unpaired) electrons. The second kappa shape index (κ2) is 9.24. The van der Waals surface area contributed by atoms with Crippen molar-refractivity contribution < 1.29 is 4.74 Å². The molecule has 0 amide bonds. The highest BCUT2D eigenvalue weighted by Gasteiger charge is 2.19. The van der Waals surface area contributed by atoms with Crippen LogP contribution in [0.2, 0.25) is 0 Å². The van der Waals surface area contributed by atoms with Crippen LogP contribution in [-0.4, -0.2) is 29.8 Å². The summed E-state index contributed by atoms with van der Waals surface area (Å²) >= 11 is 0. The van der Waals surface area contributed by atoms with Gasteiger partial charge in [0.15, 0.2) is 0 Å². The number of anilines is 2. The highest BCUT2D eigenvalue weighted by atomic mass is 16.5. The number of rotatable bonds is 9. The molecule has 0 aliphatic rings. The van der Waals surface area contributed by atoms with Gasteiger partial charge in [-0.25, -0.2) is 4.79 Å². The number of nitrogens with one attached hydrogen (secondary N) is 1. The number of nitrogens with zero attached hydrogens (tertiary/aromatic N) is 2. The van der Waals surface area contributed by atoms with Crippen LogP contribution in [0.5, 0.6) is 0 Å². The van der Waals surface area contributed by atoms with Gasteiger partial charge in [0.1, 0.15) is 11.5 Å². The van der Waals surface area contributed by atoms with E-state index < -0.39 is 11.2 Å². The van der Waals surface area contributed by atoms with Crippen LogP contribution in [-0.2, 0) is 17.8 Å². The Morgan fingerprint density at radius 3 is 2.65 bits per heavy atom. The highest BCUT2D eigenvalue weighted by molar-refractivity contribution is 5.62. The topological polar surface area (TPSA) is 93.3 Å². The Bertz CT molecular complexity index is 841. The number of benzene rings is 1. The Labute approximate surface area is 153 Å². The Morgan fingerprint density at radius 1 is 1.27 bits per heavy atom. The first-order chi connectivity index (χ1) is 12.5. The number of nitrogens with two attached hydrogens (primary N) is 1. The maximum absolute atomic E-state index is 12.5. The molecule has 0 aliphatic heterocycles. The van der Waals surface area contributed by atoms with Gasteiger partial charge in [-0.1, -0.05) is 37.6 Å². The minimum Gasteiger partial charge on any atom is -0.383 e. The molecule has 0 unspecified atom stereocenters. The van der Waals surface area contributed by atoms with Crippen LogP contribution >= 0.6 is 0 Å². The van der Waals surface area contributed by atoms with Crippen molar-refractivity contribution in [2.24, 2.45) is 0 Å². The summed E-state index contributed by atoms with van der Waals surface area (Å²) < 4.78 is 6.64. The van der Waals surface area contributed by atoms with Gasteiger partial charge in [0.25, 0.3) is 5.56 Å². The van der Waals surface area contributed by atoms with E-state index in [0.717, 1.165) is 24.0 Å². The zero-order valence-electron chi connectivity index (χ0n) is 15.7. The molecule has 0 bridgehead atoms. The Balaban J connectivity index is 2.48. The van der Waals surface area contributed by atoms with Gasteiger partial charge in [-0.15, -0.1) is 0 Å². The number of ether oxygens (including phenoxy) is 1. The van der Waals surface area contributed by atoms with Crippen molar-refractivity contribution in [2.75, 3.05) is 30.9 Å². The molecular formula is C19H28N4O3. The van der Waals surface area contributed by atoms with Crippen molar-refractivity contribution in [2.45, 2.75) is 39.8 Å². The molecule has 26 heavy (non-hydrogen) atoms. The molecule has 1 heterocycles. The number of aromatic amines is 1. The standard InChI is InChI=1S/C19H28N4O3/c1-4-5-10-23-17(20)16(18(24)21-19(23)25)22(11-12-26-3)13-15-9-7-6-8-14(15)2/h6-9H,4-5,10-13,20H2,1-3H3,(H,21,24,25). The Morgan fingerprint density at radius 2 is 2.00 bits per heavy atom. The van der Waals surface area contributed by atoms with Crippen molar-refractivity contribution in [1.29, 1.82) is 0 Å². The fourth-order valence-electron chi connectivity index (χ4n) is 2.89. The maximum atomic E-state index is 12.5. The zero-order valence-corrected chi connectivity index (χ0v) is 15.7. The van der Waals surface area contributed by atoms with Gasteiger partial charge < -0.3 is 15.4 Å². The van der Waals surface area contributed by atoms with Crippen molar-refractivity contribution in [3.63, 3.8) is 0 Å². The molecule has 0 aliphatic carbocycles. The number of unbranched alkanes of at least 4 members (excludes halogenated alkanes) is 1. The van der Waals surface area contributed by atoms with Crippen LogP contribution in [0, 0.1) is 6.92 Å². The van der Waals surface area contributed by atoms with E-state index in [-0.39, 0.29) is 5.82 Å². The minimum absolute atomic E-state index is 0.205. The lowest BCUT2D eigenvalue weighted by molar-refractivity contribution is 0.205. The summed E-state index contributed by atoms with van der Waals surface area (Å²) in [5.41, 5.74) is 7.86. The quantitative estimate of drug-likeness (QED) is 0.712. The monoisotopic (exact) mass is 360 g/mol. The highest BCUT2D eigenvalue weighted by Crippen LogP contribution is 2.20. The number of hydrogen-bond acceptors (Lipinski definition) is 5. The molecule has 142 valence electrons. The van der Waals surface area contributed by atoms with Gasteiger partial charge in [-0.05, 0) is 24.5 Å². The molecule has 7 heteroatoms. The molecule has 2 rings (SSSR count). The Hall–Kier alpha value is -2.54. The van der Waals surface area contributed by atoms with Gasteiger partial charge in [0, 0.05) is 26.7 Å². The van der Waals surface area contributed by atoms with E-state index in [2.05, 4.69) is 4.98 Å². The number of nitrogen functional groups attached to an aromatic ring is 1. The van der Waals surface area contributed by atoms with E-state index >= 15 is 0 Å². The van der Waals surface area contributed by atoms with Crippen LogP contribution in [0.1, 0.15) is 30.9 Å². The lowest BCUT2D eigenvalue weighted by Gasteiger charge is -2.26. The van der Waals surface area contributed by atoms with Crippen LogP contribution in [0.15, 0.2) is 33.9 Å². The fraction of sp³-hybridized carbons (Fsp3) is 0.474. The van der Waals surface area contributed by atoms with Crippen molar-refractivity contribution in [1.82, 2.24) is 9.55 Å². The van der Waals surface area contributed by atoms with E-state index in [0.29, 0.717) is 31.9 Å². The van der Waals surface area contributed by atoms with Crippen molar-refractivity contribution >= 4 is 11.5 Å². The summed E-state index contributed by atoms with van der Waals surface area (Å²) in [5.74, 6) is 0.205. The van der Waals surface area contributed by atoms with Gasteiger partial charge >= 0.3 is 5.69 Å².